The first kappa shape index (κ1) is 20.1. The number of benzene rings is 2. The highest BCUT2D eigenvalue weighted by Gasteiger charge is 2.29. The lowest BCUT2D eigenvalue weighted by Gasteiger charge is -2.07. The van der Waals surface area contributed by atoms with E-state index < -0.39 is 10.0 Å². The van der Waals surface area contributed by atoms with Crippen molar-refractivity contribution >= 4 is 21.8 Å². The number of amides is 1. The highest BCUT2D eigenvalue weighted by molar-refractivity contribution is 7.90. The Morgan fingerprint density at radius 3 is 2.61 bits per heavy atom. The highest BCUT2D eigenvalue weighted by Crippen LogP contribution is 2.22. The van der Waals surface area contributed by atoms with Crippen LogP contribution in [0, 0.1) is 6.92 Å². The van der Waals surface area contributed by atoms with E-state index in [9.17, 15) is 13.2 Å². The second-order valence-electron chi connectivity index (χ2n) is 6.85. The molecule has 6 nitrogen and oxygen atoms in total. The lowest BCUT2D eigenvalue weighted by atomic mass is 10.1. The monoisotopic (exact) mass is 399 g/mol. The van der Waals surface area contributed by atoms with Crippen molar-refractivity contribution in [3.05, 3.63) is 65.2 Å². The van der Waals surface area contributed by atoms with Crippen LogP contribution in [0.3, 0.4) is 0 Å². The number of aryl methyl sites for hydroxylation is 1. The maximum atomic E-state index is 12.0. The number of sulfonamides is 1. The minimum Gasteiger partial charge on any atom is -0.352 e. The van der Waals surface area contributed by atoms with Crippen molar-refractivity contribution < 1.29 is 13.2 Å². The zero-order chi connectivity index (χ0) is 20.0. The van der Waals surface area contributed by atoms with Gasteiger partial charge in [-0.05, 0) is 43.0 Å². The molecule has 2 aromatic carbocycles. The largest absolute Gasteiger partial charge is 0.352 e. The standard InChI is InChI=1S/C21H25N3O3S/c1-16-9-4-5-10-17(16)15-23-20(25)13-3-2-8-14-22-21-18-11-6-7-12-19(18)28(26,27)24-21/h4-7,9-12H,2-3,8,13-15H2,1H3,(H,22,24)(H,23,25). The molecule has 0 saturated heterocycles. The minimum absolute atomic E-state index is 0.0482. The molecule has 0 unspecified atom stereocenters. The van der Waals surface area contributed by atoms with E-state index in [0.717, 1.165) is 24.8 Å². The third-order valence-electron chi connectivity index (χ3n) is 4.73. The Hall–Kier alpha value is -2.67. The Labute approximate surface area is 166 Å². The van der Waals surface area contributed by atoms with E-state index in [2.05, 4.69) is 15.0 Å². The summed E-state index contributed by atoms with van der Waals surface area (Å²) in [5.74, 6) is 0.457. The van der Waals surface area contributed by atoms with Gasteiger partial charge in [0, 0.05) is 25.1 Å². The Kier molecular flexibility index (Phi) is 6.46. The van der Waals surface area contributed by atoms with Gasteiger partial charge in [0.2, 0.25) is 5.91 Å². The van der Waals surface area contributed by atoms with Crippen molar-refractivity contribution in [3.8, 4) is 0 Å². The first-order valence-corrected chi connectivity index (χ1v) is 10.9. The van der Waals surface area contributed by atoms with Crippen LogP contribution in [0.5, 0.6) is 0 Å². The number of unbranched alkanes of at least 4 members (excludes halogenated alkanes) is 2. The second-order valence-corrected chi connectivity index (χ2v) is 8.50. The molecule has 148 valence electrons. The fourth-order valence-electron chi connectivity index (χ4n) is 3.11. The minimum atomic E-state index is -3.48. The summed E-state index contributed by atoms with van der Waals surface area (Å²) >= 11 is 0. The number of fused-ring (bicyclic) bond motifs is 1. The first-order chi connectivity index (χ1) is 13.5. The van der Waals surface area contributed by atoms with Crippen molar-refractivity contribution in [2.75, 3.05) is 6.54 Å². The fraction of sp³-hybridized carbons (Fsp3) is 0.333. The smallest absolute Gasteiger partial charge is 0.263 e. The van der Waals surface area contributed by atoms with Gasteiger partial charge in [-0.1, -0.05) is 42.8 Å². The van der Waals surface area contributed by atoms with Gasteiger partial charge < -0.3 is 5.32 Å². The number of hydrogen-bond donors (Lipinski definition) is 2. The Balaban J connectivity index is 1.37. The zero-order valence-electron chi connectivity index (χ0n) is 15.9. The van der Waals surface area contributed by atoms with Crippen LogP contribution in [-0.2, 0) is 21.4 Å². The van der Waals surface area contributed by atoms with Crippen molar-refractivity contribution in [2.45, 2.75) is 44.0 Å². The molecular formula is C21H25N3O3S. The highest BCUT2D eigenvalue weighted by atomic mass is 32.2. The van der Waals surface area contributed by atoms with E-state index in [1.54, 1.807) is 24.3 Å². The average molecular weight is 400 g/mol. The van der Waals surface area contributed by atoms with Crippen LogP contribution < -0.4 is 10.0 Å². The predicted molar refractivity (Wildman–Crippen MR) is 110 cm³/mol. The molecule has 3 rings (SSSR count). The molecule has 0 saturated carbocycles. The van der Waals surface area contributed by atoms with E-state index in [4.69, 9.17) is 0 Å². The topological polar surface area (TPSA) is 87.6 Å². The van der Waals surface area contributed by atoms with Gasteiger partial charge in [-0.15, -0.1) is 0 Å². The molecule has 0 bridgehead atoms. The molecule has 0 aliphatic carbocycles. The molecule has 1 aliphatic rings. The average Bonchev–Trinajstić information content (AvgIpc) is 2.94. The Morgan fingerprint density at radius 1 is 1.04 bits per heavy atom. The molecule has 7 heteroatoms. The summed E-state index contributed by atoms with van der Waals surface area (Å²) in [7, 11) is -3.48. The van der Waals surface area contributed by atoms with E-state index in [0.29, 0.717) is 30.9 Å². The first-order valence-electron chi connectivity index (χ1n) is 9.45. The number of carbonyl (C=O) groups is 1. The summed E-state index contributed by atoms with van der Waals surface area (Å²) in [6, 6.07) is 14.8. The van der Waals surface area contributed by atoms with Gasteiger partial charge in [-0.2, -0.15) is 0 Å². The van der Waals surface area contributed by atoms with Crippen LogP contribution in [0.15, 0.2) is 58.4 Å². The van der Waals surface area contributed by atoms with Crippen LogP contribution in [0.4, 0.5) is 0 Å². The van der Waals surface area contributed by atoms with Crippen LogP contribution in [0.2, 0.25) is 0 Å². The molecule has 0 radical (unpaired) electrons. The Morgan fingerprint density at radius 2 is 1.79 bits per heavy atom. The maximum absolute atomic E-state index is 12.0. The van der Waals surface area contributed by atoms with Gasteiger partial charge in [0.1, 0.15) is 5.84 Å². The number of hydrogen-bond acceptors (Lipinski definition) is 4. The van der Waals surface area contributed by atoms with E-state index in [1.807, 2.05) is 31.2 Å². The molecular weight excluding hydrogens is 374 g/mol. The van der Waals surface area contributed by atoms with Crippen molar-refractivity contribution in [3.63, 3.8) is 0 Å². The van der Waals surface area contributed by atoms with Gasteiger partial charge in [0.15, 0.2) is 0 Å². The lowest BCUT2D eigenvalue weighted by molar-refractivity contribution is -0.121. The quantitative estimate of drug-likeness (QED) is 0.669. The van der Waals surface area contributed by atoms with Crippen molar-refractivity contribution in [1.29, 1.82) is 0 Å². The molecule has 1 amide bonds. The van der Waals surface area contributed by atoms with E-state index in [1.165, 1.54) is 5.56 Å². The van der Waals surface area contributed by atoms with Gasteiger partial charge >= 0.3 is 0 Å². The second kappa shape index (κ2) is 9.01. The summed E-state index contributed by atoms with van der Waals surface area (Å²) in [4.78, 5) is 16.6. The molecule has 28 heavy (non-hydrogen) atoms. The summed E-state index contributed by atoms with van der Waals surface area (Å²) in [6.07, 6.45) is 2.94. The Bertz CT molecular complexity index is 984. The molecule has 2 aromatic rings. The fourth-order valence-corrected chi connectivity index (χ4v) is 4.36. The molecule has 1 heterocycles. The van der Waals surface area contributed by atoms with E-state index >= 15 is 0 Å². The van der Waals surface area contributed by atoms with Crippen LogP contribution in [0.25, 0.3) is 0 Å². The summed E-state index contributed by atoms with van der Waals surface area (Å²) in [6.45, 7) is 3.11. The normalized spacial score (nSPS) is 15.8. The summed E-state index contributed by atoms with van der Waals surface area (Å²) in [5, 5.41) is 2.95. The van der Waals surface area contributed by atoms with Crippen molar-refractivity contribution in [1.82, 2.24) is 10.0 Å². The maximum Gasteiger partial charge on any atom is 0.263 e. The van der Waals surface area contributed by atoms with Crippen LogP contribution in [0.1, 0.15) is 42.4 Å². The third-order valence-corrected chi connectivity index (χ3v) is 6.13. The molecule has 0 atom stereocenters. The third kappa shape index (κ3) is 4.98. The SMILES string of the molecule is Cc1ccccc1CNC(=O)CCCCCN=C1NS(=O)(=O)c2ccccc21. The molecule has 1 aliphatic heterocycles. The van der Waals surface area contributed by atoms with Crippen LogP contribution >= 0.6 is 0 Å². The number of carbonyl (C=O) groups excluding carboxylic acids is 1. The molecule has 0 spiro atoms. The number of nitrogens with one attached hydrogen (secondary N) is 2. The number of aliphatic imine (C=N–C) groups is 1. The lowest BCUT2D eigenvalue weighted by Crippen LogP contribution is -2.23. The number of amidine groups is 1. The van der Waals surface area contributed by atoms with Crippen molar-refractivity contribution in [2.24, 2.45) is 4.99 Å². The number of rotatable bonds is 8. The van der Waals surface area contributed by atoms with Gasteiger partial charge in [0.25, 0.3) is 10.0 Å². The predicted octanol–water partition coefficient (Wildman–Crippen LogP) is 2.91. The van der Waals surface area contributed by atoms with E-state index in [-0.39, 0.29) is 10.8 Å². The zero-order valence-corrected chi connectivity index (χ0v) is 16.8. The summed E-state index contributed by atoms with van der Waals surface area (Å²) < 4.78 is 26.5. The summed E-state index contributed by atoms with van der Waals surface area (Å²) in [5.41, 5.74) is 2.93. The molecule has 0 fully saturated rings. The van der Waals surface area contributed by atoms with Gasteiger partial charge in [0.05, 0.1) is 4.90 Å². The number of nitrogens with zero attached hydrogens (tertiary/aromatic N) is 1. The van der Waals surface area contributed by atoms with Crippen LogP contribution in [-0.4, -0.2) is 26.7 Å². The van der Waals surface area contributed by atoms with Gasteiger partial charge in [-0.25, -0.2) is 8.42 Å². The molecule has 2 N–H and O–H groups in total. The van der Waals surface area contributed by atoms with Gasteiger partial charge in [-0.3, -0.25) is 14.5 Å². The molecule has 0 aromatic heterocycles.